The van der Waals surface area contributed by atoms with Gasteiger partial charge in [-0.15, -0.1) is 0 Å². The average Bonchev–Trinajstić information content (AvgIpc) is 2.59. The second kappa shape index (κ2) is 8.96. The zero-order valence-electron chi connectivity index (χ0n) is 14.5. The molecule has 4 heteroatoms. The number of hydrogen-bond acceptors (Lipinski definition) is 3. The van der Waals surface area contributed by atoms with Crippen molar-refractivity contribution in [2.45, 2.75) is 26.8 Å². The van der Waals surface area contributed by atoms with Crippen LogP contribution in [0.4, 0.5) is 0 Å². The molecule has 0 aliphatic rings. The zero-order chi connectivity index (χ0) is 17.4. The van der Waals surface area contributed by atoms with Gasteiger partial charge in [0, 0.05) is 0 Å². The molecule has 0 spiro atoms. The lowest BCUT2D eigenvalue weighted by Crippen LogP contribution is -2.35. The molecule has 4 nitrogen and oxygen atoms in total. The van der Waals surface area contributed by atoms with Crippen molar-refractivity contribution in [3.63, 3.8) is 0 Å². The van der Waals surface area contributed by atoms with Crippen molar-refractivity contribution in [2.75, 3.05) is 13.2 Å². The molecule has 0 saturated carbocycles. The highest BCUT2D eigenvalue weighted by Crippen LogP contribution is 2.26. The maximum atomic E-state index is 12.3. The molecule has 2 aromatic rings. The average molecular weight is 327 g/mol. The van der Waals surface area contributed by atoms with Gasteiger partial charge in [0.15, 0.2) is 18.1 Å². The zero-order valence-corrected chi connectivity index (χ0v) is 14.5. The molecule has 0 unspecified atom stereocenters. The van der Waals surface area contributed by atoms with Gasteiger partial charge in [0.25, 0.3) is 5.91 Å². The van der Waals surface area contributed by atoms with Crippen molar-refractivity contribution in [2.24, 2.45) is 5.92 Å². The summed E-state index contributed by atoms with van der Waals surface area (Å²) in [5.74, 6) is 1.36. The molecule has 2 aromatic carbocycles. The third-order valence-corrected chi connectivity index (χ3v) is 3.65. The van der Waals surface area contributed by atoms with E-state index >= 15 is 0 Å². The molecule has 1 atom stereocenters. The van der Waals surface area contributed by atoms with Crippen molar-refractivity contribution in [3.8, 4) is 11.5 Å². The van der Waals surface area contributed by atoms with E-state index in [4.69, 9.17) is 9.47 Å². The molecule has 2 rings (SSSR count). The van der Waals surface area contributed by atoms with Crippen molar-refractivity contribution < 1.29 is 14.3 Å². The van der Waals surface area contributed by atoms with E-state index < -0.39 is 0 Å². The molecule has 0 aromatic heterocycles. The topological polar surface area (TPSA) is 47.6 Å². The predicted molar refractivity (Wildman–Crippen MR) is 95.3 cm³/mol. The number of amides is 1. The molecular formula is C20H25NO3. The van der Waals surface area contributed by atoms with E-state index in [0.29, 0.717) is 18.1 Å². The van der Waals surface area contributed by atoms with Gasteiger partial charge in [0.1, 0.15) is 0 Å². The maximum Gasteiger partial charge on any atom is 0.258 e. The predicted octanol–water partition coefficient (Wildman–Crippen LogP) is 3.98. The van der Waals surface area contributed by atoms with Gasteiger partial charge < -0.3 is 14.8 Å². The van der Waals surface area contributed by atoms with Crippen molar-refractivity contribution in [3.05, 3.63) is 60.2 Å². The van der Waals surface area contributed by atoms with E-state index in [2.05, 4.69) is 19.2 Å². The summed E-state index contributed by atoms with van der Waals surface area (Å²) in [5.41, 5.74) is 1.09. The molecule has 128 valence electrons. The van der Waals surface area contributed by atoms with Crippen LogP contribution in [0.5, 0.6) is 11.5 Å². The molecule has 0 aliphatic heterocycles. The van der Waals surface area contributed by atoms with Gasteiger partial charge in [-0.25, -0.2) is 0 Å². The van der Waals surface area contributed by atoms with E-state index in [-0.39, 0.29) is 24.5 Å². The molecular weight excluding hydrogens is 302 g/mol. The quantitative estimate of drug-likeness (QED) is 0.798. The summed E-state index contributed by atoms with van der Waals surface area (Å²) >= 11 is 0. The van der Waals surface area contributed by atoms with E-state index in [1.165, 1.54) is 0 Å². The fraction of sp³-hybridized carbons (Fsp3) is 0.350. The van der Waals surface area contributed by atoms with Crippen LogP contribution in [0, 0.1) is 5.92 Å². The summed E-state index contributed by atoms with van der Waals surface area (Å²) in [5, 5.41) is 3.05. The fourth-order valence-corrected chi connectivity index (χ4v) is 2.50. The second-order valence-corrected chi connectivity index (χ2v) is 5.87. The number of benzene rings is 2. The Morgan fingerprint density at radius 2 is 1.54 bits per heavy atom. The molecule has 0 bridgehead atoms. The van der Waals surface area contributed by atoms with Crippen LogP contribution in [0.3, 0.4) is 0 Å². The molecule has 0 fully saturated rings. The van der Waals surface area contributed by atoms with Gasteiger partial charge in [0.2, 0.25) is 0 Å². The molecule has 0 radical (unpaired) electrons. The number of carbonyl (C=O) groups is 1. The Morgan fingerprint density at radius 3 is 2.12 bits per heavy atom. The summed E-state index contributed by atoms with van der Waals surface area (Å²) < 4.78 is 11.1. The summed E-state index contributed by atoms with van der Waals surface area (Å²) in [4.78, 5) is 12.3. The summed E-state index contributed by atoms with van der Waals surface area (Å²) in [6.07, 6.45) is 0. The van der Waals surface area contributed by atoms with Crippen LogP contribution in [-0.4, -0.2) is 19.1 Å². The van der Waals surface area contributed by atoms with E-state index in [1.807, 2.05) is 55.5 Å². The highest BCUT2D eigenvalue weighted by Gasteiger charge is 2.18. The first-order valence-electron chi connectivity index (χ1n) is 8.30. The SMILES string of the molecule is CCOc1ccccc1OCC(=O)N[C@H](c1ccccc1)C(C)C. The molecule has 0 aliphatic carbocycles. The highest BCUT2D eigenvalue weighted by atomic mass is 16.5. The number of nitrogens with one attached hydrogen (secondary N) is 1. The number of hydrogen-bond donors (Lipinski definition) is 1. The Kier molecular flexibility index (Phi) is 6.67. The first-order valence-corrected chi connectivity index (χ1v) is 8.30. The Hall–Kier alpha value is -2.49. The van der Waals surface area contributed by atoms with Crippen LogP contribution in [0.15, 0.2) is 54.6 Å². The molecule has 0 heterocycles. The minimum absolute atomic E-state index is 0.0376. The van der Waals surface area contributed by atoms with Crippen molar-refractivity contribution in [1.82, 2.24) is 5.32 Å². The van der Waals surface area contributed by atoms with Crippen molar-refractivity contribution in [1.29, 1.82) is 0 Å². The fourth-order valence-electron chi connectivity index (χ4n) is 2.50. The normalized spacial score (nSPS) is 11.8. The Morgan fingerprint density at radius 1 is 0.958 bits per heavy atom. The Balaban J connectivity index is 1.97. The molecule has 1 N–H and O–H groups in total. The smallest absolute Gasteiger partial charge is 0.258 e. The molecule has 1 amide bonds. The van der Waals surface area contributed by atoms with Gasteiger partial charge in [-0.3, -0.25) is 4.79 Å². The minimum atomic E-state index is -0.149. The summed E-state index contributed by atoms with van der Waals surface area (Å²) in [6.45, 7) is 6.60. The largest absolute Gasteiger partial charge is 0.490 e. The van der Waals surface area contributed by atoms with Gasteiger partial charge in [0.05, 0.1) is 12.6 Å². The monoisotopic (exact) mass is 327 g/mol. The first-order chi connectivity index (χ1) is 11.6. The first kappa shape index (κ1) is 17.9. The van der Waals surface area contributed by atoms with E-state index in [9.17, 15) is 4.79 Å². The third-order valence-electron chi connectivity index (χ3n) is 3.65. The minimum Gasteiger partial charge on any atom is -0.490 e. The molecule has 0 saturated heterocycles. The van der Waals surface area contributed by atoms with E-state index in [0.717, 1.165) is 5.56 Å². The maximum absolute atomic E-state index is 12.3. The van der Waals surface area contributed by atoms with Crippen LogP contribution in [-0.2, 0) is 4.79 Å². The van der Waals surface area contributed by atoms with Gasteiger partial charge in [-0.2, -0.15) is 0 Å². The van der Waals surface area contributed by atoms with Gasteiger partial charge >= 0.3 is 0 Å². The van der Waals surface area contributed by atoms with Crippen LogP contribution in [0.25, 0.3) is 0 Å². The number of rotatable bonds is 8. The summed E-state index contributed by atoms with van der Waals surface area (Å²) in [6, 6.07) is 17.3. The van der Waals surface area contributed by atoms with Crippen LogP contribution in [0.1, 0.15) is 32.4 Å². The highest BCUT2D eigenvalue weighted by molar-refractivity contribution is 5.78. The number of ether oxygens (including phenoxy) is 2. The summed E-state index contributed by atoms with van der Waals surface area (Å²) in [7, 11) is 0. The van der Waals surface area contributed by atoms with Crippen LogP contribution in [0.2, 0.25) is 0 Å². The van der Waals surface area contributed by atoms with Crippen LogP contribution >= 0.6 is 0 Å². The standard InChI is InChI=1S/C20H25NO3/c1-4-23-17-12-8-9-13-18(17)24-14-19(22)21-20(15(2)3)16-10-6-5-7-11-16/h5-13,15,20H,4,14H2,1-3H3,(H,21,22)/t20-/m0/s1. The number of carbonyl (C=O) groups excluding carboxylic acids is 1. The molecule has 24 heavy (non-hydrogen) atoms. The Labute approximate surface area is 143 Å². The lowest BCUT2D eigenvalue weighted by molar-refractivity contribution is -0.124. The van der Waals surface area contributed by atoms with Crippen LogP contribution < -0.4 is 14.8 Å². The number of para-hydroxylation sites is 2. The van der Waals surface area contributed by atoms with Gasteiger partial charge in [-0.1, -0.05) is 56.3 Å². The lowest BCUT2D eigenvalue weighted by atomic mass is 9.96. The Bertz CT molecular complexity index is 640. The van der Waals surface area contributed by atoms with E-state index in [1.54, 1.807) is 6.07 Å². The third kappa shape index (κ3) is 5.01. The lowest BCUT2D eigenvalue weighted by Gasteiger charge is -2.23. The van der Waals surface area contributed by atoms with Crippen molar-refractivity contribution >= 4 is 5.91 Å². The second-order valence-electron chi connectivity index (χ2n) is 5.87. The van der Waals surface area contributed by atoms with Gasteiger partial charge in [-0.05, 0) is 30.5 Å².